The number of hydrogen-bond donors (Lipinski definition) is 2. The van der Waals surface area contributed by atoms with Crippen LogP contribution < -0.4 is 10.6 Å². The highest BCUT2D eigenvalue weighted by Crippen LogP contribution is 2.26. The van der Waals surface area contributed by atoms with E-state index in [4.69, 9.17) is 11.6 Å². The van der Waals surface area contributed by atoms with Crippen LogP contribution in [0.2, 0.25) is 5.02 Å². The second kappa shape index (κ2) is 6.57. The number of aromatic nitrogens is 2. The molecule has 0 saturated carbocycles. The van der Waals surface area contributed by atoms with Crippen molar-refractivity contribution in [1.29, 1.82) is 0 Å². The average molecular weight is 367 g/mol. The fraction of sp³-hybridized carbons (Fsp3) is 0.375. The van der Waals surface area contributed by atoms with Crippen molar-refractivity contribution in [3.8, 4) is 0 Å². The molecular formula is C16H19ClN4O2S. The molecule has 0 aliphatic carbocycles. The molecule has 6 nitrogen and oxygen atoms in total. The van der Waals surface area contributed by atoms with Crippen LogP contribution in [0, 0.1) is 13.8 Å². The van der Waals surface area contributed by atoms with Crippen molar-refractivity contribution < 1.29 is 8.42 Å². The highest BCUT2D eigenvalue weighted by Gasteiger charge is 2.28. The maximum Gasteiger partial charge on any atom is 0.225 e. The first-order chi connectivity index (χ1) is 11.3. The minimum atomic E-state index is -2.94. The molecular weight excluding hydrogens is 348 g/mol. The maximum absolute atomic E-state index is 11.6. The lowest BCUT2D eigenvalue weighted by molar-refractivity contribution is 0.602. The standard InChI is InChI=1S/C16H19ClN4O2S/c1-10-8-15(20-14-5-3-4-13(17)11(14)2)21-16(18-10)19-12-6-7-24(22,23)9-12/h3-5,8,12H,6-7,9H2,1-2H3,(H2,18,19,20,21). The van der Waals surface area contributed by atoms with Crippen molar-refractivity contribution in [2.45, 2.75) is 26.3 Å². The van der Waals surface area contributed by atoms with Crippen molar-refractivity contribution in [3.05, 3.63) is 40.5 Å². The minimum absolute atomic E-state index is 0.125. The van der Waals surface area contributed by atoms with Gasteiger partial charge < -0.3 is 10.6 Å². The van der Waals surface area contributed by atoms with Crippen LogP contribution in [0.3, 0.4) is 0 Å². The predicted molar refractivity (Wildman–Crippen MR) is 96.9 cm³/mol. The Morgan fingerprint density at radius 3 is 2.75 bits per heavy atom. The van der Waals surface area contributed by atoms with E-state index >= 15 is 0 Å². The molecule has 24 heavy (non-hydrogen) atoms. The number of nitrogens with one attached hydrogen (secondary N) is 2. The zero-order valence-electron chi connectivity index (χ0n) is 13.5. The molecule has 1 atom stereocenters. The lowest BCUT2D eigenvalue weighted by Crippen LogP contribution is -2.22. The summed E-state index contributed by atoms with van der Waals surface area (Å²) < 4.78 is 23.1. The lowest BCUT2D eigenvalue weighted by atomic mass is 10.2. The number of rotatable bonds is 4. The summed E-state index contributed by atoms with van der Waals surface area (Å²) in [5.41, 5.74) is 2.59. The number of aryl methyl sites for hydroxylation is 1. The third-order valence-electron chi connectivity index (χ3n) is 3.95. The van der Waals surface area contributed by atoms with E-state index in [1.807, 2.05) is 38.1 Å². The van der Waals surface area contributed by atoms with Crippen molar-refractivity contribution in [3.63, 3.8) is 0 Å². The third kappa shape index (κ3) is 3.96. The second-order valence-corrected chi connectivity index (χ2v) is 8.64. The molecule has 1 saturated heterocycles. The SMILES string of the molecule is Cc1cc(Nc2cccc(Cl)c2C)nc(NC2CCS(=O)(=O)C2)n1. The van der Waals surface area contributed by atoms with Crippen molar-refractivity contribution in [2.75, 3.05) is 22.1 Å². The van der Waals surface area contributed by atoms with Gasteiger partial charge in [0.1, 0.15) is 5.82 Å². The first kappa shape index (κ1) is 17.0. The maximum atomic E-state index is 11.6. The predicted octanol–water partition coefficient (Wildman–Crippen LogP) is 3.09. The van der Waals surface area contributed by atoms with Crippen LogP contribution >= 0.6 is 11.6 Å². The zero-order valence-corrected chi connectivity index (χ0v) is 15.1. The molecule has 3 rings (SSSR count). The van der Waals surface area contributed by atoms with Gasteiger partial charge in [0.2, 0.25) is 5.95 Å². The Balaban J connectivity index is 1.80. The Kier molecular flexibility index (Phi) is 4.64. The first-order valence-electron chi connectivity index (χ1n) is 7.67. The van der Waals surface area contributed by atoms with Crippen molar-refractivity contribution in [2.24, 2.45) is 0 Å². The van der Waals surface area contributed by atoms with E-state index in [-0.39, 0.29) is 17.5 Å². The summed E-state index contributed by atoms with van der Waals surface area (Å²) >= 11 is 6.14. The van der Waals surface area contributed by atoms with Crippen LogP contribution in [0.15, 0.2) is 24.3 Å². The average Bonchev–Trinajstić information content (AvgIpc) is 2.82. The fourth-order valence-electron chi connectivity index (χ4n) is 2.67. The molecule has 2 N–H and O–H groups in total. The van der Waals surface area contributed by atoms with Gasteiger partial charge >= 0.3 is 0 Å². The van der Waals surface area contributed by atoms with Gasteiger partial charge in [-0.15, -0.1) is 0 Å². The molecule has 1 unspecified atom stereocenters. The monoisotopic (exact) mass is 366 g/mol. The molecule has 128 valence electrons. The second-order valence-electron chi connectivity index (χ2n) is 6.00. The van der Waals surface area contributed by atoms with Gasteiger partial charge in [-0.1, -0.05) is 17.7 Å². The summed E-state index contributed by atoms with van der Waals surface area (Å²) in [6.07, 6.45) is 0.579. The molecule has 1 aliphatic heterocycles. The van der Waals surface area contributed by atoms with Crippen LogP contribution in [0.1, 0.15) is 17.7 Å². The summed E-state index contributed by atoms with van der Waals surface area (Å²) in [5.74, 6) is 1.40. The van der Waals surface area contributed by atoms with Crippen LogP contribution in [-0.2, 0) is 9.84 Å². The zero-order chi connectivity index (χ0) is 17.3. The molecule has 1 aromatic carbocycles. The molecule has 0 radical (unpaired) electrons. The van der Waals surface area contributed by atoms with Crippen molar-refractivity contribution in [1.82, 2.24) is 9.97 Å². The van der Waals surface area contributed by atoms with E-state index in [1.165, 1.54) is 0 Å². The summed E-state index contributed by atoms with van der Waals surface area (Å²) in [5, 5.41) is 7.04. The lowest BCUT2D eigenvalue weighted by Gasteiger charge is -2.14. The van der Waals surface area contributed by atoms with E-state index in [9.17, 15) is 8.42 Å². The fourth-order valence-corrected chi connectivity index (χ4v) is 4.52. The molecule has 1 aliphatic rings. The van der Waals surface area contributed by atoms with E-state index in [0.717, 1.165) is 16.9 Å². The highest BCUT2D eigenvalue weighted by atomic mass is 35.5. The summed E-state index contributed by atoms with van der Waals surface area (Å²) in [6.45, 7) is 3.80. The normalized spacial score (nSPS) is 19.2. The molecule has 0 bridgehead atoms. The largest absolute Gasteiger partial charge is 0.350 e. The van der Waals surface area contributed by atoms with Gasteiger partial charge in [0, 0.05) is 28.5 Å². The summed E-state index contributed by atoms with van der Waals surface area (Å²) in [6, 6.07) is 7.32. The molecule has 2 aromatic rings. The number of hydrogen-bond acceptors (Lipinski definition) is 6. The van der Waals surface area contributed by atoms with E-state index in [2.05, 4.69) is 20.6 Å². The smallest absolute Gasteiger partial charge is 0.225 e. The molecule has 1 aromatic heterocycles. The van der Waals surface area contributed by atoms with Gasteiger partial charge in [-0.25, -0.2) is 13.4 Å². The Morgan fingerprint density at radius 2 is 2.04 bits per heavy atom. The Bertz CT molecular complexity index is 870. The van der Waals surface area contributed by atoms with E-state index in [1.54, 1.807) is 0 Å². The summed E-state index contributed by atoms with van der Waals surface area (Å²) in [4.78, 5) is 8.78. The molecule has 0 amide bonds. The van der Waals surface area contributed by atoms with Gasteiger partial charge in [0.05, 0.1) is 11.5 Å². The highest BCUT2D eigenvalue weighted by molar-refractivity contribution is 7.91. The van der Waals surface area contributed by atoms with Crippen LogP contribution in [-0.4, -0.2) is 35.9 Å². The number of halogens is 1. The Morgan fingerprint density at radius 1 is 1.25 bits per heavy atom. The van der Waals surface area contributed by atoms with Gasteiger partial charge in [-0.05, 0) is 38.0 Å². The van der Waals surface area contributed by atoms with Crippen LogP contribution in [0.4, 0.5) is 17.5 Å². The Hall–Kier alpha value is -1.86. The minimum Gasteiger partial charge on any atom is -0.350 e. The topological polar surface area (TPSA) is 84.0 Å². The van der Waals surface area contributed by atoms with Gasteiger partial charge in [0.15, 0.2) is 9.84 Å². The number of sulfone groups is 1. The van der Waals surface area contributed by atoms with Crippen LogP contribution in [0.25, 0.3) is 0 Å². The van der Waals surface area contributed by atoms with E-state index in [0.29, 0.717) is 23.2 Å². The van der Waals surface area contributed by atoms with Gasteiger partial charge in [-0.2, -0.15) is 4.98 Å². The third-order valence-corrected chi connectivity index (χ3v) is 6.13. The Labute approximate surface area is 146 Å². The van der Waals surface area contributed by atoms with Crippen LogP contribution in [0.5, 0.6) is 0 Å². The quantitative estimate of drug-likeness (QED) is 0.865. The van der Waals surface area contributed by atoms with E-state index < -0.39 is 9.84 Å². The van der Waals surface area contributed by atoms with Gasteiger partial charge in [-0.3, -0.25) is 0 Å². The number of anilines is 3. The number of benzene rings is 1. The van der Waals surface area contributed by atoms with Crippen molar-refractivity contribution >= 4 is 38.9 Å². The molecule has 8 heteroatoms. The molecule has 0 spiro atoms. The summed E-state index contributed by atoms with van der Waals surface area (Å²) in [7, 11) is -2.94. The van der Waals surface area contributed by atoms with Gasteiger partial charge in [0.25, 0.3) is 0 Å². The molecule has 1 fully saturated rings. The first-order valence-corrected chi connectivity index (χ1v) is 9.87. The molecule has 2 heterocycles. The number of nitrogens with zero attached hydrogens (tertiary/aromatic N) is 2.